The molecule has 8 nitrogen and oxygen atoms in total. The highest BCUT2D eigenvalue weighted by molar-refractivity contribution is 6.30. The molecule has 0 atom stereocenters. The molecule has 0 unspecified atom stereocenters. The molecule has 2 aromatic carbocycles. The molecule has 3 amide bonds. The number of hydrogen-bond donors (Lipinski definition) is 5. The molecule has 2 aromatic rings. The molecular formula is C18H17Cl2N3O5. The average molecular weight is 426 g/mol. The summed E-state index contributed by atoms with van der Waals surface area (Å²) in [5.74, 6) is -0.567. The Hall–Kier alpha value is -2.97. The number of nitrogens with one attached hydrogen (secondary N) is 3. The summed E-state index contributed by atoms with van der Waals surface area (Å²) in [6.07, 6.45) is -4.65. The van der Waals surface area contributed by atoms with Gasteiger partial charge in [0, 0.05) is 10.0 Å². The van der Waals surface area contributed by atoms with E-state index in [0.29, 0.717) is 10.0 Å². The van der Waals surface area contributed by atoms with Crippen LogP contribution >= 0.6 is 23.2 Å². The molecule has 0 bridgehead atoms. The second-order valence-electron chi connectivity index (χ2n) is 5.76. The fourth-order valence-corrected chi connectivity index (χ4v) is 2.76. The van der Waals surface area contributed by atoms with Crippen molar-refractivity contribution < 1.29 is 24.6 Å². The number of benzene rings is 2. The Balaban J connectivity index is 2.22. The first-order valence-electron chi connectivity index (χ1n) is 8.04. The molecule has 0 saturated carbocycles. The third kappa shape index (κ3) is 6.64. The largest absolute Gasteiger partial charge is 0.465 e. The fraction of sp³-hybridized carbons (Fsp3) is 0.167. The third-order valence-corrected chi connectivity index (χ3v) is 4.20. The Kier molecular flexibility index (Phi) is 7.48. The van der Waals surface area contributed by atoms with Crippen molar-refractivity contribution in [3.63, 3.8) is 0 Å². The topological polar surface area (TPSA) is 128 Å². The quantitative estimate of drug-likeness (QED) is 0.434. The molecular weight excluding hydrogens is 409 g/mol. The first-order valence-corrected chi connectivity index (χ1v) is 8.79. The summed E-state index contributed by atoms with van der Waals surface area (Å²) in [5.41, 5.74) is 1.46. The molecule has 5 N–H and O–H groups in total. The number of rotatable bonds is 7. The van der Waals surface area contributed by atoms with Gasteiger partial charge in [-0.3, -0.25) is 4.79 Å². The Morgan fingerprint density at radius 3 is 1.50 bits per heavy atom. The third-order valence-electron chi connectivity index (χ3n) is 3.70. The maximum Gasteiger partial charge on any atom is 0.406 e. The van der Waals surface area contributed by atoms with Gasteiger partial charge in [-0.2, -0.15) is 0 Å². The van der Waals surface area contributed by atoms with Gasteiger partial charge in [-0.25, -0.2) is 9.59 Å². The van der Waals surface area contributed by atoms with Crippen LogP contribution in [0.3, 0.4) is 0 Å². The summed E-state index contributed by atoms with van der Waals surface area (Å²) >= 11 is 11.8. The summed E-state index contributed by atoms with van der Waals surface area (Å²) in [5, 5.41) is 25.3. The van der Waals surface area contributed by atoms with E-state index in [-0.39, 0.29) is 0 Å². The minimum absolute atomic E-state index is 0.434. The molecule has 0 aliphatic carbocycles. The number of halogens is 2. The molecule has 28 heavy (non-hydrogen) atoms. The second kappa shape index (κ2) is 9.82. The highest BCUT2D eigenvalue weighted by Gasteiger charge is 2.22. The van der Waals surface area contributed by atoms with Crippen LogP contribution in [0.25, 0.3) is 0 Å². The van der Waals surface area contributed by atoms with Gasteiger partial charge in [-0.15, -0.1) is 0 Å². The van der Waals surface area contributed by atoms with Crippen LogP contribution in [0.1, 0.15) is 23.6 Å². The van der Waals surface area contributed by atoms with E-state index in [4.69, 9.17) is 33.4 Å². The monoisotopic (exact) mass is 425 g/mol. The molecule has 2 rings (SSSR count). The van der Waals surface area contributed by atoms with Gasteiger partial charge in [0.1, 0.15) is 6.17 Å². The molecule has 0 radical (unpaired) electrons. The predicted molar refractivity (Wildman–Crippen MR) is 104 cm³/mol. The van der Waals surface area contributed by atoms with Crippen molar-refractivity contribution in [2.24, 2.45) is 0 Å². The molecule has 0 heterocycles. The fourth-order valence-electron chi connectivity index (χ4n) is 2.51. The SMILES string of the molecule is O=C(O)NC(CC(=O)NC(c1ccc(Cl)cc1)c1ccc(Cl)cc1)NC(=O)O. The average Bonchev–Trinajstić information content (AvgIpc) is 2.60. The van der Waals surface area contributed by atoms with Crippen LogP contribution in [0.5, 0.6) is 0 Å². The lowest BCUT2D eigenvalue weighted by Crippen LogP contribution is -2.49. The first-order chi connectivity index (χ1) is 13.2. The molecule has 0 aromatic heterocycles. The predicted octanol–water partition coefficient (Wildman–Crippen LogP) is 3.45. The summed E-state index contributed by atoms with van der Waals surface area (Å²) in [4.78, 5) is 34.1. The molecule has 0 spiro atoms. The minimum Gasteiger partial charge on any atom is -0.465 e. The van der Waals surface area contributed by atoms with Gasteiger partial charge in [-0.05, 0) is 35.4 Å². The van der Waals surface area contributed by atoms with E-state index < -0.39 is 36.7 Å². The Bertz CT molecular complexity index is 782. The summed E-state index contributed by atoms with van der Waals surface area (Å²) < 4.78 is 0. The lowest BCUT2D eigenvalue weighted by molar-refractivity contribution is -0.122. The maximum absolute atomic E-state index is 12.5. The van der Waals surface area contributed by atoms with Gasteiger partial charge in [-0.1, -0.05) is 47.5 Å². The number of amides is 3. The molecule has 0 aliphatic heterocycles. The Morgan fingerprint density at radius 2 is 1.14 bits per heavy atom. The molecule has 0 fully saturated rings. The van der Waals surface area contributed by atoms with E-state index in [0.717, 1.165) is 11.1 Å². The number of carbonyl (C=O) groups is 3. The zero-order valence-electron chi connectivity index (χ0n) is 14.4. The van der Waals surface area contributed by atoms with E-state index >= 15 is 0 Å². The van der Waals surface area contributed by atoms with Crippen molar-refractivity contribution in [2.45, 2.75) is 18.6 Å². The number of hydrogen-bond acceptors (Lipinski definition) is 3. The van der Waals surface area contributed by atoms with Crippen molar-refractivity contribution >= 4 is 41.3 Å². The minimum atomic E-state index is -1.46. The van der Waals surface area contributed by atoms with Gasteiger partial charge in [0.2, 0.25) is 5.91 Å². The van der Waals surface area contributed by atoms with Crippen LogP contribution in [0.15, 0.2) is 48.5 Å². The van der Waals surface area contributed by atoms with E-state index in [1.54, 1.807) is 48.5 Å². The van der Waals surface area contributed by atoms with Crippen LogP contribution in [0, 0.1) is 0 Å². The van der Waals surface area contributed by atoms with Crippen LogP contribution in [0.4, 0.5) is 9.59 Å². The summed E-state index contributed by atoms with van der Waals surface area (Å²) in [7, 11) is 0. The second-order valence-corrected chi connectivity index (χ2v) is 6.63. The summed E-state index contributed by atoms with van der Waals surface area (Å²) in [6, 6.07) is 13.1. The highest BCUT2D eigenvalue weighted by atomic mass is 35.5. The normalized spacial score (nSPS) is 10.6. The van der Waals surface area contributed by atoms with E-state index in [9.17, 15) is 14.4 Å². The van der Waals surface area contributed by atoms with Gasteiger partial charge in [0.05, 0.1) is 12.5 Å². The standard InChI is InChI=1S/C18H17Cl2N3O5/c19-12-5-1-10(2-6-12)16(11-3-7-13(20)8-4-11)23-15(24)9-14(21-17(25)26)22-18(27)28/h1-8,14,16,21-22H,9H2,(H,23,24)(H,25,26)(H,27,28). The first kappa shape index (κ1) is 21.3. The molecule has 10 heteroatoms. The number of carbonyl (C=O) groups excluding carboxylic acids is 1. The maximum atomic E-state index is 12.5. The zero-order valence-corrected chi connectivity index (χ0v) is 15.9. The van der Waals surface area contributed by atoms with E-state index in [1.807, 2.05) is 10.6 Å². The van der Waals surface area contributed by atoms with Gasteiger partial charge >= 0.3 is 12.2 Å². The van der Waals surface area contributed by atoms with Crippen molar-refractivity contribution in [1.29, 1.82) is 0 Å². The van der Waals surface area contributed by atoms with E-state index in [1.165, 1.54) is 0 Å². The molecule has 148 valence electrons. The lowest BCUT2D eigenvalue weighted by atomic mass is 9.98. The van der Waals surface area contributed by atoms with Crippen LogP contribution in [0.2, 0.25) is 10.0 Å². The smallest absolute Gasteiger partial charge is 0.406 e. The van der Waals surface area contributed by atoms with Crippen LogP contribution < -0.4 is 16.0 Å². The van der Waals surface area contributed by atoms with Gasteiger partial charge in [0.25, 0.3) is 0 Å². The highest BCUT2D eigenvalue weighted by Crippen LogP contribution is 2.25. The van der Waals surface area contributed by atoms with E-state index in [2.05, 4.69) is 5.32 Å². The van der Waals surface area contributed by atoms with Crippen molar-refractivity contribution in [1.82, 2.24) is 16.0 Å². The molecule has 0 aliphatic rings. The van der Waals surface area contributed by atoms with Crippen molar-refractivity contribution in [3.8, 4) is 0 Å². The molecule has 0 saturated heterocycles. The Morgan fingerprint density at radius 1 is 0.750 bits per heavy atom. The summed E-state index contributed by atoms with van der Waals surface area (Å²) in [6.45, 7) is 0. The van der Waals surface area contributed by atoms with Crippen molar-refractivity contribution in [3.05, 3.63) is 69.7 Å². The van der Waals surface area contributed by atoms with Crippen LogP contribution in [-0.2, 0) is 4.79 Å². The van der Waals surface area contributed by atoms with Gasteiger partial charge in [0.15, 0.2) is 0 Å². The van der Waals surface area contributed by atoms with Crippen LogP contribution in [-0.4, -0.2) is 34.5 Å². The zero-order chi connectivity index (χ0) is 20.7. The van der Waals surface area contributed by atoms with Gasteiger partial charge < -0.3 is 26.2 Å². The Labute approximate surface area is 170 Å². The lowest BCUT2D eigenvalue weighted by Gasteiger charge is -2.22. The number of carboxylic acid groups (broad SMARTS) is 2. The van der Waals surface area contributed by atoms with Crippen molar-refractivity contribution in [2.75, 3.05) is 0 Å².